The van der Waals surface area contributed by atoms with Gasteiger partial charge < -0.3 is 15.4 Å². The molecule has 1 aromatic rings. The number of hydrogen-bond acceptors (Lipinski definition) is 3. The van der Waals surface area contributed by atoms with Crippen molar-refractivity contribution in [3.05, 3.63) is 24.3 Å². The van der Waals surface area contributed by atoms with Crippen molar-refractivity contribution in [3.63, 3.8) is 0 Å². The second-order valence-electron chi connectivity index (χ2n) is 5.04. The number of nitrogen functional groups attached to an aromatic ring is 1. The Morgan fingerprint density at radius 1 is 1.12 bits per heavy atom. The number of rotatable bonds is 1. The van der Waals surface area contributed by atoms with Crippen molar-refractivity contribution in [2.75, 3.05) is 36.9 Å². The molecule has 0 aromatic heterocycles. The normalized spacial score (nSPS) is 23.1. The summed E-state index contributed by atoms with van der Waals surface area (Å²) >= 11 is 0. The Morgan fingerprint density at radius 2 is 1.81 bits per heavy atom. The molecule has 0 unspecified atom stereocenters. The van der Waals surface area contributed by atoms with Crippen LogP contribution in [0.4, 0.5) is 11.4 Å². The fraction of sp³-hybridized carbons (Fsp3) is 0.538. The standard InChI is InChI=1S/C13H18N2O/c14-11-3-1-2-4-12(11)15-7-5-13(6-8-15)9-16-10-13/h1-4H,5-10,14H2. The third-order valence-corrected chi connectivity index (χ3v) is 3.92. The highest BCUT2D eigenvalue weighted by atomic mass is 16.5. The number of para-hydroxylation sites is 2. The average molecular weight is 218 g/mol. The van der Waals surface area contributed by atoms with Crippen molar-refractivity contribution in [3.8, 4) is 0 Å². The zero-order valence-electron chi connectivity index (χ0n) is 9.48. The summed E-state index contributed by atoms with van der Waals surface area (Å²) in [5.41, 5.74) is 8.58. The molecule has 0 bridgehead atoms. The first kappa shape index (κ1) is 9.97. The van der Waals surface area contributed by atoms with Gasteiger partial charge in [-0.1, -0.05) is 12.1 Å². The molecule has 0 aliphatic carbocycles. The van der Waals surface area contributed by atoms with Crippen LogP contribution in [0.3, 0.4) is 0 Å². The van der Waals surface area contributed by atoms with E-state index in [1.54, 1.807) is 0 Å². The summed E-state index contributed by atoms with van der Waals surface area (Å²) in [6.45, 7) is 4.14. The summed E-state index contributed by atoms with van der Waals surface area (Å²) in [5.74, 6) is 0. The van der Waals surface area contributed by atoms with Gasteiger partial charge in [0.15, 0.2) is 0 Å². The minimum absolute atomic E-state index is 0.500. The summed E-state index contributed by atoms with van der Waals surface area (Å²) < 4.78 is 5.34. The van der Waals surface area contributed by atoms with Crippen LogP contribution >= 0.6 is 0 Å². The number of ether oxygens (including phenoxy) is 1. The molecule has 0 saturated carbocycles. The van der Waals surface area contributed by atoms with Crippen molar-refractivity contribution in [2.45, 2.75) is 12.8 Å². The molecule has 0 radical (unpaired) electrons. The molecule has 86 valence electrons. The lowest BCUT2D eigenvalue weighted by atomic mass is 9.77. The van der Waals surface area contributed by atoms with E-state index in [1.165, 1.54) is 18.5 Å². The topological polar surface area (TPSA) is 38.5 Å². The van der Waals surface area contributed by atoms with Crippen LogP contribution < -0.4 is 10.6 Å². The molecule has 0 amide bonds. The van der Waals surface area contributed by atoms with Gasteiger partial charge in [-0.2, -0.15) is 0 Å². The Bertz CT molecular complexity index is 377. The van der Waals surface area contributed by atoms with Gasteiger partial charge in [0.2, 0.25) is 0 Å². The Labute approximate surface area is 96.2 Å². The zero-order valence-corrected chi connectivity index (χ0v) is 9.48. The Hall–Kier alpha value is -1.22. The van der Waals surface area contributed by atoms with Crippen LogP contribution in [-0.2, 0) is 4.74 Å². The van der Waals surface area contributed by atoms with Gasteiger partial charge in [-0.15, -0.1) is 0 Å². The highest BCUT2D eigenvalue weighted by Gasteiger charge is 2.41. The molecule has 3 rings (SSSR count). The predicted molar refractivity (Wildman–Crippen MR) is 65.6 cm³/mol. The number of anilines is 2. The lowest BCUT2D eigenvalue weighted by molar-refractivity contribution is -0.124. The van der Waals surface area contributed by atoms with Gasteiger partial charge in [0.1, 0.15) is 0 Å². The lowest BCUT2D eigenvalue weighted by Gasteiger charge is -2.48. The van der Waals surface area contributed by atoms with Crippen LogP contribution in [0.25, 0.3) is 0 Å². The molecular weight excluding hydrogens is 200 g/mol. The van der Waals surface area contributed by atoms with Crippen LogP contribution in [0.2, 0.25) is 0 Å². The Kier molecular flexibility index (Phi) is 2.28. The van der Waals surface area contributed by atoms with Crippen LogP contribution in [-0.4, -0.2) is 26.3 Å². The van der Waals surface area contributed by atoms with E-state index < -0.39 is 0 Å². The van der Waals surface area contributed by atoms with Crippen molar-refractivity contribution in [1.82, 2.24) is 0 Å². The average Bonchev–Trinajstić information content (AvgIpc) is 2.28. The van der Waals surface area contributed by atoms with Crippen LogP contribution in [0.15, 0.2) is 24.3 Å². The third kappa shape index (κ3) is 1.55. The number of benzene rings is 1. The number of nitrogens with zero attached hydrogens (tertiary/aromatic N) is 1. The summed E-state index contributed by atoms with van der Waals surface area (Å²) in [6.07, 6.45) is 2.47. The number of hydrogen-bond donors (Lipinski definition) is 1. The van der Waals surface area contributed by atoms with E-state index in [2.05, 4.69) is 17.0 Å². The summed E-state index contributed by atoms with van der Waals surface area (Å²) in [6, 6.07) is 8.14. The lowest BCUT2D eigenvalue weighted by Crippen LogP contribution is -2.51. The van der Waals surface area contributed by atoms with E-state index in [1.807, 2.05) is 12.1 Å². The van der Waals surface area contributed by atoms with Crippen LogP contribution in [0.1, 0.15) is 12.8 Å². The molecule has 2 N–H and O–H groups in total. The minimum atomic E-state index is 0.500. The minimum Gasteiger partial charge on any atom is -0.397 e. The van der Waals surface area contributed by atoms with Crippen molar-refractivity contribution in [2.24, 2.45) is 5.41 Å². The highest BCUT2D eigenvalue weighted by Crippen LogP contribution is 2.40. The molecule has 2 heterocycles. The maximum atomic E-state index is 6.00. The smallest absolute Gasteiger partial charge is 0.0599 e. The van der Waals surface area contributed by atoms with Gasteiger partial charge >= 0.3 is 0 Å². The molecule has 16 heavy (non-hydrogen) atoms. The van der Waals surface area contributed by atoms with E-state index in [4.69, 9.17) is 10.5 Å². The molecule has 0 atom stereocenters. The maximum absolute atomic E-state index is 6.00. The predicted octanol–water partition coefficient (Wildman–Crippen LogP) is 1.89. The highest BCUT2D eigenvalue weighted by molar-refractivity contribution is 5.67. The van der Waals surface area contributed by atoms with Gasteiger partial charge in [-0.05, 0) is 25.0 Å². The monoisotopic (exact) mass is 218 g/mol. The first-order valence-electron chi connectivity index (χ1n) is 5.96. The molecule has 2 aliphatic rings. The van der Waals surface area contributed by atoms with Crippen molar-refractivity contribution >= 4 is 11.4 Å². The van der Waals surface area contributed by atoms with Crippen molar-refractivity contribution in [1.29, 1.82) is 0 Å². The van der Waals surface area contributed by atoms with E-state index in [0.717, 1.165) is 32.0 Å². The molecule has 2 fully saturated rings. The van der Waals surface area contributed by atoms with E-state index in [9.17, 15) is 0 Å². The fourth-order valence-electron chi connectivity index (χ4n) is 2.68. The molecule has 3 heteroatoms. The molecule has 2 aliphatic heterocycles. The fourth-order valence-corrected chi connectivity index (χ4v) is 2.68. The number of nitrogens with two attached hydrogens (primary N) is 1. The van der Waals surface area contributed by atoms with Gasteiger partial charge in [-0.25, -0.2) is 0 Å². The number of piperidine rings is 1. The molecular formula is C13H18N2O. The molecule has 1 spiro atoms. The molecule has 1 aromatic carbocycles. The van der Waals surface area contributed by atoms with Crippen LogP contribution in [0, 0.1) is 5.41 Å². The zero-order chi connectivity index (χ0) is 11.0. The van der Waals surface area contributed by atoms with Gasteiger partial charge in [0, 0.05) is 18.5 Å². The van der Waals surface area contributed by atoms with Gasteiger partial charge in [0.25, 0.3) is 0 Å². The van der Waals surface area contributed by atoms with Gasteiger partial charge in [0.05, 0.1) is 24.6 Å². The molecule has 2 saturated heterocycles. The van der Waals surface area contributed by atoms with E-state index >= 15 is 0 Å². The quantitative estimate of drug-likeness (QED) is 0.731. The summed E-state index contributed by atoms with van der Waals surface area (Å²) in [7, 11) is 0. The maximum Gasteiger partial charge on any atom is 0.0599 e. The van der Waals surface area contributed by atoms with Crippen LogP contribution in [0.5, 0.6) is 0 Å². The first-order chi connectivity index (χ1) is 7.79. The van der Waals surface area contributed by atoms with Gasteiger partial charge in [-0.3, -0.25) is 0 Å². The summed E-state index contributed by atoms with van der Waals surface area (Å²) in [5, 5.41) is 0. The first-order valence-corrected chi connectivity index (χ1v) is 5.96. The third-order valence-electron chi connectivity index (χ3n) is 3.92. The summed E-state index contributed by atoms with van der Waals surface area (Å²) in [4.78, 5) is 2.40. The largest absolute Gasteiger partial charge is 0.397 e. The second kappa shape index (κ2) is 3.67. The Morgan fingerprint density at radius 3 is 2.38 bits per heavy atom. The van der Waals surface area contributed by atoms with E-state index in [0.29, 0.717) is 5.41 Å². The SMILES string of the molecule is Nc1ccccc1N1CCC2(CC1)COC2. The molecule has 3 nitrogen and oxygen atoms in total. The van der Waals surface area contributed by atoms with Crippen molar-refractivity contribution < 1.29 is 4.74 Å². The van der Waals surface area contributed by atoms with E-state index in [-0.39, 0.29) is 0 Å². The second-order valence-corrected chi connectivity index (χ2v) is 5.04. The Balaban J connectivity index is 1.72.